The summed E-state index contributed by atoms with van der Waals surface area (Å²) in [5.74, 6) is 0.375. The van der Waals surface area contributed by atoms with Crippen LogP contribution < -0.4 is 0 Å². The van der Waals surface area contributed by atoms with Gasteiger partial charge < -0.3 is 14.9 Å². The van der Waals surface area contributed by atoms with E-state index in [1.165, 1.54) is 0 Å². The highest BCUT2D eigenvalue weighted by Gasteiger charge is 2.59. The van der Waals surface area contributed by atoms with Crippen molar-refractivity contribution in [1.29, 1.82) is 0 Å². The van der Waals surface area contributed by atoms with Gasteiger partial charge in [0.15, 0.2) is 0 Å². The molecule has 2 aliphatic carbocycles. The molecule has 1 saturated carbocycles. The number of esters is 1. The molecule has 0 aromatic carbocycles. The van der Waals surface area contributed by atoms with E-state index in [0.29, 0.717) is 24.2 Å². The molecular weight excluding hydrogens is 244 g/mol. The van der Waals surface area contributed by atoms with Gasteiger partial charge in [-0.25, -0.2) is 4.79 Å². The summed E-state index contributed by atoms with van der Waals surface area (Å²) in [6.07, 6.45) is 2.79. The number of carbonyl (C=O) groups excluding carboxylic acids is 1. The van der Waals surface area contributed by atoms with E-state index in [0.717, 1.165) is 12.0 Å². The van der Waals surface area contributed by atoms with Gasteiger partial charge in [0.25, 0.3) is 0 Å². The molecule has 1 fully saturated rings. The lowest BCUT2D eigenvalue weighted by molar-refractivity contribution is -0.172. The van der Waals surface area contributed by atoms with Crippen LogP contribution in [-0.4, -0.2) is 27.9 Å². The lowest BCUT2D eigenvalue weighted by Gasteiger charge is -2.55. The molecule has 1 heterocycles. The van der Waals surface area contributed by atoms with Gasteiger partial charge in [-0.1, -0.05) is 13.8 Å². The summed E-state index contributed by atoms with van der Waals surface area (Å²) in [7, 11) is 0. The largest absolute Gasteiger partial charge is 0.423 e. The fraction of sp³-hybridized carbons (Fsp3) is 0.667. The van der Waals surface area contributed by atoms with Gasteiger partial charge in [0.1, 0.15) is 11.4 Å². The number of aliphatic hydroxyl groups is 2. The zero-order valence-corrected chi connectivity index (χ0v) is 11.6. The van der Waals surface area contributed by atoms with Crippen molar-refractivity contribution in [2.24, 2.45) is 11.3 Å². The van der Waals surface area contributed by atoms with E-state index in [1.54, 1.807) is 13.0 Å². The number of allylic oxidation sites excluding steroid dienone is 1. The van der Waals surface area contributed by atoms with Crippen molar-refractivity contribution in [2.45, 2.75) is 51.7 Å². The minimum absolute atomic E-state index is 0.273. The monoisotopic (exact) mass is 264 g/mol. The van der Waals surface area contributed by atoms with Gasteiger partial charge in [-0.3, -0.25) is 0 Å². The average molecular weight is 264 g/mol. The molecule has 3 aliphatic rings. The van der Waals surface area contributed by atoms with Crippen molar-refractivity contribution in [2.75, 3.05) is 0 Å². The van der Waals surface area contributed by atoms with E-state index < -0.39 is 17.1 Å². The quantitative estimate of drug-likeness (QED) is 0.653. The first-order valence-electron chi connectivity index (χ1n) is 6.85. The Kier molecular flexibility index (Phi) is 2.51. The molecule has 0 spiro atoms. The van der Waals surface area contributed by atoms with Crippen molar-refractivity contribution in [1.82, 2.24) is 0 Å². The zero-order chi connectivity index (χ0) is 14.0. The van der Waals surface area contributed by atoms with Crippen LogP contribution in [0.1, 0.15) is 40.0 Å². The van der Waals surface area contributed by atoms with Crippen molar-refractivity contribution in [3.63, 3.8) is 0 Å². The van der Waals surface area contributed by atoms with Gasteiger partial charge in [-0.2, -0.15) is 0 Å². The van der Waals surface area contributed by atoms with Gasteiger partial charge in [0.05, 0.1) is 6.10 Å². The maximum atomic E-state index is 11.7. The summed E-state index contributed by atoms with van der Waals surface area (Å²) >= 11 is 0. The number of ether oxygens (including phenoxy) is 1. The Labute approximate surface area is 112 Å². The molecule has 19 heavy (non-hydrogen) atoms. The van der Waals surface area contributed by atoms with Gasteiger partial charge in [-0.05, 0) is 38.2 Å². The van der Waals surface area contributed by atoms with E-state index in [-0.39, 0.29) is 11.9 Å². The molecule has 0 saturated heterocycles. The van der Waals surface area contributed by atoms with Crippen molar-refractivity contribution < 1.29 is 19.7 Å². The van der Waals surface area contributed by atoms with Gasteiger partial charge in [0, 0.05) is 16.6 Å². The molecule has 3 rings (SSSR count). The molecule has 4 unspecified atom stereocenters. The molecule has 2 N–H and O–H groups in total. The summed E-state index contributed by atoms with van der Waals surface area (Å²) in [5.41, 5.74) is -0.257. The normalized spacial score (nSPS) is 45.5. The fourth-order valence-electron chi connectivity index (χ4n) is 3.75. The molecule has 4 nitrogen and oxygen atoms in total. The Morgan fingerprint density at radius 3 is 2.79 bits per heavy atom. The van der Waals surface area contributed by atoms with E-state index in [2.05, 4.69) is 6.92 Å². The van der Waals surface area contributed by atoms with Crippen LogP contribution in [0.5, 0.6) is 0 Å². The molecule has 4 atom stereocenters. The van der Waals surface area contributed by atoms with Crippen LogP contribution in [0.25, 0.3) is 0 Å². The second-order valence-electron chi connectivity index (χ2n) is 6.42. The van der Waals surface area contributed by atoms with Crippen LogP contribution >= 0.6 is 0 Å². The Morgan fingerprint density at radius 2 is 2.11 bits per heavy atom. The highest BCUT2D eigenvalue weighted by Crippen LogP contribution is 2.57. The van der Waals surface area contributed by atoms with E-state index >= 15 is 0 Å². The summed E-state index contributed by atoms with van der Waals surface area (Å²) in [5, 5.41) is 21.2. The van der Waals surface area contributed by atoms with E-state index in [1.807, 2.05) is 6.92 Å². The van der Waals surface area contributed by atoms with Crippen LogP contribution in [0.2, 0.25) is 0 Å². The van der Waals surface area contributed by atoms with Gasteiger partial charge >= 0.3 is 5.97 Å². The third-order valence-corrected chi connectivity index (χ3v) is 5.54. The first kappa shape index (κ1) is 12.9. The SMILES string of the molecule is CC1=C2CC3(C)C(C)CCC(O)C3(O)C=C2OC1=O. The highest BCUT2D eigenvalue weighted by atomic mass is 16.5. The summed E-state index contributed by atoms with van der Waals surface area (Å²) < 4.78 is 5.20. The molecule has 0 bridgehead atoms. The van der Waals surface area contributed by atoms with Crippen LogP contribution in [0.4, 0.5) is 0 Å². The maximum absolute atomic E-state index is 11.7. The third-order valence-electron chi connectivity index (χ3n) is 5.54. The minimum atomic E-state index is -1.31. The number of rotatable bonds is 0. The molecule has 0 aromatic rings. The average Bonchev–Trinajstić information content (AvgIpc) is 2.61. The Hall–Kier alpha value is -1.13. The lowest BCUT2D eigenvalue weighted by atomic mass is 9.53. The second kappa shape index (κ2) is 3.70. The Morgan fingerprint density at radius 1 is 1.42 bits per heavy atom. The summed E-state index contributed by atoms with van der Waals surface area (Å²) in [6, 6.07) is 0. The topological polar surface area (TPSA) is 66.8 Å². The molecular formula is C15H20O4. The zero-order valence-electron chi connectivity index (χ0n) is 11.6. The summed E-state index contributed by atoms with van der Waals surface area (Å²) in [4.78, 5) is 11.7. The molecule has 4 heteroatoms. The van der Waals surface area contributed by atoms with Crippen LogP contribution in [0, 0.1) is 11.3 Å². The maximum Gasteiger partial charge on any atom is 0.339 e. The molecule has 0 amide bonds. The van der Waals surface area contributed by atoms with Gasteiger partial charge in [0.2, 0.25) is 0 Å². The molecule has 104 valence electrons. The number of aliphatic hydroxyl groups excluding tert-OH is 1. The van der Waals surface area contributed by atoms with Crippen molar-refractivity contribution >= 4 is 5.97 Å². The van der Waals surface area contributed by atoms with Crippen LogP contribution in [0.3, 0.4) is 0 Å². The van der Waals surface area contributed by atoms with Crippen molar-refractivity contribution in [3.8, 4) is 0 Å². The number of hydrogen-bond donors (Lipinski definition) is 2. The van der Waals surface area contributed by atoms with Crippen molar-refractivity contribution in [3.05, 3.63) is 23.0 Å². The third kappa shape index (κ3) is 1.44. The first-order valence-corrected chi connectivity index (χ1v) is 6.85. The van der Waals surface area contributed by atoms with Gasteiger partial charge in [-0.15, -0.1) is 0 Å². The molecule has 0 aromatic heterocycles. The van der Waals surface area contributed by atoms with E-state index in [4.69, 9.17) is 4.74 Å². The summed E-state index contributed by atoms with van der Waals surface area (Å²) in [6.45, 7) is 5.86. The predicted octanol–water partition coefficient (Wildman–Crippen LogP) is 1.68. The fourth-order valence-corrected chi connectivity index (χ4v) is 3.75. The second-order valence-corrected chi connectivity index (χ2v) is 6.42. The molecule has 1 aliphatic heterocycles. The smallest absolute Gasteiger partial charge is 0.339 e. The lowest BCUT2D eigenvalue weighted by Crippen LogP contribution is -2.61. The number of carbonyl (C=O) groups is 1. The number of fused-ring (bicyclic) bond motifs is 2. The highest BCUT2D eigenvalue weighted by molar-refractivity contribution is 5.94. The van der Waals surface area contributed by atoms with Crippen LogP contribution in [0.15, 0.2) is 23.0 Å². The predicted molar refractivity (Wildman–Crippen MR) is 69.0 cm³/mol. The first-order chi connectivity index (χ1) is 8.79. The Balaban J connectivity index is 2.17. The molecule has 0 radical (unpaired) electrons. The Bertz CT molecular complexity index is 518. The van der Waals surface area contributed by atoms with Crippen LogP contribution in [-0.2, 0) is 9.53 Å². The standard InChI is InChI=1S/C15H20O4/c1-8-4-5-12(16)15(18)7-11-10(6-14(8,15)3)9(2)13(17)19-11/h7-8,12,16,18H,4-6H2,1-3H3. The number of hydrogen-bond acceptors (Lipinski definition) is 4. The van der Waals surface area contributed by atoms with E-state index in [9.17, 15) is 15.0 Å². The minimum Gasteiger partial charge on any atom is -0.423 e.